The van der Waals surface area contributed by atoms with E-state index in [4.69, 9.17) is 14.3 Å². The van der Waals surface area contributed by atoms with E-state index in [1.165, 1.54) is 25.3 Å². The van der Waals surface area contributed by atoms with Crippen molar-refractivity contribution in [1.29, 1.82) is 0 Å². The molecule has 0 amide bonds. The average Bonchev–Trinajstić information content (AvgIpc) is 2.85. The lowest BCUT2D eigenvalue weighted by molar-refractivity contribution is 0.0660. The number of halogens is 1. The van der Waals surface area contributed by atoms with E-state index in [1.807, 2.05) is 0 Å². The van der Waals surface area contributed by atoms with E-state index >= 15 is 0 Å². The van der Waals surface area contributed by atoms with Crippen molar-refractivity contribution < 1.29 is 23.4 Å². The predicted molar refractivity (Wildman–Crippen MR) is 65.9 cm³/mol. The van der Waals surface area contributed by atoms with Crippen molar-refractivity contribution in [2.24, 2.45) is 0 Å². The molecule has 5 nitrogen and oxygen atoms in total. The van der Waals surface area contributed by atoms with Crippen molar-refractivity contribution in [3.05, 3.63) is 47.7 Å². The standard InChI is InChI=1S/C13H12FNO4/c1-18-11-4-2-8(6-10(11)14)15-7-9-3-5-12(19-9)13(16)17/h2-6,15H,7H2,1H3,(H,16,17). The number of carbonyl (C=O) groups is 1. The Bertz CT molecular complexity index is 594. The number of anilines is 1. The molecule has 0 spiro atoms. The molecule has 19 heavy (non-hydrogen) atoms. The molecule has 0 saturated heterocycles. The summed E-state index contributed by atoms with van der Waals surface area (Å²) in [6.45, 7) is 0.263. The average molecular weight is 265 g/mol. The van der Waals surface area contributed by atoms with Gasteiger partial charge in [-0.15, -0.1) is 0 Å². The van der Waals surface area contributed by atoms with Gasteiger partial charge in [-0.25, -0.2) is 9.18 Å². The fourth-order valence-corrected chi connectivity index (χ4v) is 1.55. The van der Waals surface area contributed by atoms with E-state index in [2.05, 4.69) is 5.32 Å². The molecule has 6 heteroatoms. The summed E-state index contributed by atoms with van der Waals surface area (Å²) in [4.78, 5) is 10.6. The van der Waals surface area contributed by atoms with Crippen LogP contribution in [0.5, 0.6) is 5.75 Å². The van der Waals surface area contributed by atoms with Crippen molar-refractivity contribution in [2.75, 3.05) is 12.4 Å². The molecular formula is C13H12FNO4. The van der Waals surface area contributed by atoms with Crippen molar-refractivity contribution in [2.45, 2.75) is 6.54 Å². The second kappa shape index (κ2) is 5.43. The minimum atomic E-state index is -1.12. The van der Waals surface area contributed by atoms with E-state index in [0.29, 0.717) is 11.4 Å². The fraction of sp³-hybridized carbons (Fsp3) is 0.154. The Morgan fingerprint density at radius 2 is 2.21 bits per heavy atom. The van der Waals surface area contributed by atoms with Crippen LogP contribution in [0.3, 0.4) is 0 Å². The van der Waals surface area contributed by atoms with E-state index in [-0.39, 0.29) is 18.1 Å². The third-order valence-corrected chi connectivity index (χ3v) is 2.49. The number of hydrogen-bond donors (Lipinski definition) is 2. The number of methoxy groups -OCH3 is 1. The molecule has 0 fully saturated rings. The lowest BCUT2D eigenvalue weighted by Gasteiger charge is -2.06. The molecule has 0 unspecified atom stereocenters. The van der Waals surface area contributed by atoms with Gasteiger partial charge in [0.1, 0.15) is 5.76 Å². The summed E-state index contributed by atoms with van der Waals surface area (Å²) in [7, 11) is 1.39. The topological polar surface area (TPSA) is 71.7 Å². The first-order valence-electron chi connectivity index (χ1n) is 5.49. The van der Waals surface area contributed by atoms with Crippen molar-refractivity contribution in [1.82, 2.24) is 0 Å². The van der Waals surface area contributed by atoms with Gasteiger partial charge in [0.25, 0.3) is 0 Å². The molecule has 2 N–H and O–H groups in total. The molecule has 0 aliphatic carbocycles. The second-order valence-corrected chi connectivity index (χ2v) is 3.77. The molecule has 2 rings (SSSR count). The first-order chi connectivity index (χ1) is 9.10. The van der Waals surface area contributed by atoms with E-state index in [9.17, 15) is 9.18 Å². The number of rotatable bonds is 5. The van der Waals surface area contributed by atoms with Gasteiger partial charge in [0.05, 0.1) is 13.7 Å². The molecule has 0 atom stereocenters. The zero-order chi connectivity index (χ0) is 13.8. The first-order valence-corrected chi connectivity index (χ1v) is 5.49. The third-order valence-electron chi connectivity index (χ3n) is 2.49. The molecule has 100 valence electrons. The number of hydrogen-bond acceptors (Lipinski definition) is 4. The highest BCUT2D eigenvalue weighted by molar-refractivity contribution is 5.84. The highest BCUT2D eigenvalue weighted by Gasteiger charge is 2.09. The minimum Gasteiger partial charge on any atom is -0.494 e. The number of carboxylic acid groups (broad SMARTS) is 1. The van der Waals surface area contributed by atoms with Gasteiger partial charge in [-0.2, -0.15) is 0 Å². The zero-order valence-corrected chi connectivity index (χ0v) is 10.1. The van der Waals surface area contributed by atoms with Crippen LogP contribution >= 0.6 is 0 Å². The summed E-state index contributed by atoms with van der Waals surface area (Å²) in [6, 6.07) is 7.37. The van der Waals surface area contributed by atoms with Gasteiger partial charge in [-0.3, -0.25) is 0 Å². The van der Waals surface area contributed by atoms with E-state index in [1.54, 1.807) is 12.1 Å². The van der Waals surface area contributed by atoms with Crippen molar-refractivity contribution in [3.8, 4) is 5.75 Å². The predicted octanol–water partition coefficient (Wildman–Crippen LogP) is 2.74. The SMILES string of the molecule is COc1ccc(NCc2ccc(C(=O)O)o2)cc1F. The minimum absolute atomic E-state index is 0.127. The zero-order valence-electron chi connectivity index (χ0n) is 10.1. The summed E-state index contributed by atoms with van der Waals surface area (Å²) >= 11 is 0. The maximum atomic E-state index is 13.4. The molecule has 1 aromatic carbocycles. The Morgan fingerprint density at radius 3 is 2.79 bits per heavy atom. The van der Waals surface area contributed by atoms with Gasteiger partial charge in [-0.1, -0.05) is 0 Å². The van der Waals surface area contributed by atoms with Crippen LogP contribution in [0, 0.1) is 5.82 Å². The van der Waals surface area contributed by atoms with Crippen LogP contribution in [0.1, 0.15) is 16.3 Å². The number of carboxylic acids is 1. The smallest absolute Gasteiger partial charge is 0.371 e. The van der Waals surface area contributed by atoms with Crippen LogP contribution in [-0.2, 0) is 6.54 Å². The molecule has 2 aromatic rings. The summed E-state index contributed by atoms with van der Waals surface area (Å²) < 4.78 is 23.3. The van der Waals surface area contributed by atoms with Crippen LogP contribution in [0.15, 0.2) is 34.7 Å². The number of benzene rings is 1. The summed E-state index contributed by atoms with van der Waals surface area (Å²) in [5.41, 5.74) is 0.548. The van der Waals surface area contributed by atoms with Gasteiger partial charge >= 0.3 is 5.97 Å². The third kappa shape index (κ3) is 3.04. The lowest BCUT2D eigenvalue weighted by atomic mass is 10.3. The van der Waals surface area contributed by atoms with Crippen LogP contribution in [0.2, 0.25) is 0 Å². The highest BCUT2D eigenvalue weighted by atomic mass is 19.1. The summed E-state index contributed by atoms with van der Waals surface area (Å²) in [6.07, 6.45) is 0. The Kier molecular flexibility index (Phi) is 3.70. The van der Waals surface area contributed by atoms with Crippen molar-refractivity contribution in [3.63, 3.8) is 0 Å². The molecule has 0 bridgehead atoms. The molecule has 1 heterocycles. The van der Waals surface area contributed by atoms with E-state index < -0.39 is 11.8 Å². The molecular weight excluding hydrogens is 253 g/mol. The Labute approximate surface area is 108 Å². The number of ether oxygens (including phenoxy) is 1. The molecule has 1 aromatic heterocycles. The summed E-state index contributed by atoms with van der Waals surface area (Å²) in [5, 5.41) is 11.6. The first kappa shape index (κ1) is 12.9. The van der Waals surface area contributed by atoms with Crippen LogP contribution in [0.25, 0.3) is 0 Å². The van der Waals surface area contributed by atoms with Gasteiger partial charge in [0.2, 0.25) is 5.76 Å². The Morgan fingerprint density at radius 1 is 1.42 bits per heavy atom. The maximum Gasteiger partial charge on any atom is 0.371 e. The quantitative estimate of drug-likeness (QED) is 0.869. The largest absolute Gasteiger partial charge is 0.494 e. The second-order valence-electron chi connectivity index (χ2n) is 3.77. The molecule has 0 aliphatic rings. The fourth-order valence-electron chi connectivity index (χ4n) is 1.55. The van der Waals surface area contributed by atoms with Gasteiger partial charge in [0, 0.05) is 11.8 Å². The van der Waals surface area contributed by atoms with Crippen LogP contribution < -0.4 is 10.1 Å². The van der Waals surface area contributed by atoms with Crippen LogP contribution in [0.4, 0.5) is 10.1 Å². The molecule has 0 saturated carbocycles. The number of furan rings is 1. The van der Waals surface area contributed by atoms with Gasteiger partial charge in [0.15, 0.2) is 11.6 Å². The molecule has 0 aliphatic heterocycles. The van der Waals surface area contributed by atoms with Crippen LogP contribution in [-0.4, -0.2) is 18.2 Å². The maximum absolute atomic E-state index is 13.4. The number of nitrogens with one attached hydrogen (secondary N) is 1. The molecule has 0 radical (unpaired) electrons. The Balaban J connectivity index is 2.01. The van der Waals surface area contributed by atoms with Crippen molar-refractivity contribution >= 4 is 11.7 Å². The van der Waals surface area contributed by atoms with Gasteiger partial charge < -0.3 is 19.6 Å². The van der Waals surface area contributed by atoms with Gasteiger partial charge in [-0.05, 0) is 24.3 Å². The highest BCUT2D eigenvalue weighted by Crippen LogP contribution is 2.21. The van der Waals surface area contributed by atoms with E-state index in [0.717, 1.165) is 0 Å². The lowest BCUT2D eigenvalue weighted by Crippen LogP contribution is -1.99. The monoisotopic (exact) mass is 265 g/mol. The summed E-state index contributed by atoms with van der Waals surface area (Å²) in [5.74, 6) is -1.11. The number of aromatic carboxylic acids is 1. The Hall–Kier alpha value is -2.50. The normalized spacial score (nSPS) is 10.2.